The molecule has 4 rings (SSSR count). The molecule has 0 N–H and O–H groups in total. The zero-order valence-corrected chi connectivity index (χ0v) is 11.2. The molecule has 20 heavy (non-hydrogen) atoms. The van der Waals surface area contributed by atoms with Crippen LogP contribution in [-0.2, 0) is 0 Å². The molecule has 4 nitrogen and oxygen atoms in total. The van der Waals surface area contributed by atoms with Crippen LogP contribution in [0.3, 0.4) is 0 Å². The van der Waals surface area contributed by atoms with Crippen LogP contribution in [0, 0.1) is 13.8 Å². The number of hydrogen-bond acceptors (Lipinski definition) is 3. The van der Waals surface area contributed by atoms with Gasteiger partial charge in [-0.15, -0.1) is 0 Å². The summed E-state index contributed by atoms with van der Waals surface area (Å²) >= 11 is 0. The van der Waals surface area contributed by atoms with Crippen LogP contribution in [0.15, 0.2) is 45.6 Å². The normalized spacial score (nSPS) is 11.7. The lowest BCUT2D eigenvalue weighted by Crippen LogP contribution is -2.01. The fourth-order valence-corrected chi connectivity index (χ4v) is 2.71. The number of benzene rings is 1. The standard InChI is InChI=1S/C16H12N2O2/c1-9-10(2)15-17-12-5-3-4-6-13(12)18(15)16-11(9)7-8-14(19)20-16/h3-8H,1-2H3. The smallest absolute Gasteiger partial charge is 0.337 e. The monoisotopic (exact) mass is 264 g/mol. The maximum atomic E-state index is 11.6. The van der Waals surface area contributed by atoms with Gasteiger partial charge in [0.1, 0.15) is 5.65 Å². The Balaban J connectivity index is 2.44. The van der Waals surface area contributed by atoms with Crippen molar-refractivity contribution in [3.8, 4) is 0 Å². The Morgan fingerprint density at radius 2 is 1.85 bits per heavy atom. The van der Waals surface area contributed by atoms with Crippen LogP contribution in [-0.4, -0.2) is 9.38 Å². The third-order valence-electron chi connectivity index (χ3n) is 3.88. The Kier molecular flexibility index (Phi) is 2.07. The van der Waals surface area contributed by atoms with Gasteiger partial charge in [0.25, 0.3) is 0 Å². The van der Waals surface area contributed by atoms with Crippen molar-refractivity contribution in [2.45, 2.75) is 13.8 Å². The van der Waals surface area contributed by atoms with Crippen molar-refractivity contribution < 1.29 is 4.42 Å². The Bertz CT molecular complexity index is 1040. The van der Waals surface area contributed by atoms with Gasteiger partial charge >= 0.3 is 5.63 Å². The molecule has 0 amide bonds. The first-order valence-electron chi connectivity index (χ1n) is 6.47. The van der Waals surface area contributed by atoms with Crippen molar-refractivity contribution in [1.82, 2.24) is 9.38 Å². The Morgan fingerprint density at radius 3 is 2.70 bits per heavy atom. The van der Waals surface area contributed by atoms with E-state index in [9.17, 15) is 4.79 Å². The molecule has 0 bridgehead atoms. The number of nitrogens with zero attached hydrogens (tertiary/aromatic N) is 2. The molecule has 0 fully saturated rings. The van der Waals surface area contributed by atoms with Gasteiger partial charge in [0.15, 0.2) is 0 Å². The van der Waals surface area contributed by atoms with E-state index >= 15 is 0 Å². The van der Waals surface area contributed by atoms with E-state index in [1.54, 1.807) is 0 Å². The van der Waals surface area contributed by atoms with Crippen molar-refractivity contribution in [3.63, 3.8) is 0 Å². The molecule has 1 aromatic carbocycles. The molecule has 0 aliphatic heterocycles. The topological polar surface area (TPSA) is 47.5 Å². The number of fused-ring (bicyclic) bond motifs is 5. The van der Waals surface area contributed by atoms with Crippen molar-refractivity contribution in [2.24, 2.45) is 0 Å². The van der Waals surface area contributed by atoms with E-state index in [-0.39, 0.29) is 5.63 Å². The minimum atomic E-state index is -0.347. The van der Waals surface area contributed by atoms with Gasteiger partial charge in [0.2, 0.25) is 5.71 Å². The van der Waals surface area contributed by atoms with E-state index in [1.807, 2.05) is 48.6 Å². The lowest BCUT2D eigenvalue weighted by atomic mass is 10.1. The summed E-state index contributed by atoms with van der Waals surface area (Å²) in [4.78, 5) is 16.2. The van der Waals surface area contributed by atoms with Crippen LogP contribution in [0.5, 0.6) is 0 Å². The van der Waals surface area contributed by atoms with E-state index in [0.29, 0.717) is 5.71 Å². The predicted molar refractivity (Wildman–Crippen MR) is 78.2 cm³/mol. The lowest BCUT2D eigenvalue weighted by molar-refractivity contribution is 0.546. The molecule has 0 atom stereocenters. The van der Waals surface area contributed by atoms with Crippen LogP contribution >= 0.6 is 0 Å². The van der Waals surface area contributed by atoms with Gasteiger partial charge in [-0.3, -0.25) is 4.40 Å². The van der Waals surface area contributed by atoms with Crippen LogP contribution in [0.4, 0.5) is 0 Å². The van der Waals surface area contributed by atoms with Crippen molar-refractivity contribution in [2.75, 3.05) is 0 Å². The van der Waals surface area contributed by atoms with Gasteiger partial charge in [-0.25, -0.2) is 9.78 Å². The molecule has 4 aromatic rings. The molecule has 0 aliphatic rings. The third-order valence-corrected chi connectivity index (χ3v) is 3.88. The minimum absolute atomic E-state index is 0.347. The summed E-state index contributed by atoms with van der Waals surface area (Å²) in [5.74, 6) is 0. The van der Waals surface area contributed by atoms with Gasteiger partial charge in [0, 0.05) is 11.5 Å². The second-order valence-electron chi connectivity index (χ2n) is 4.98. The highest BCUT2D eigenvalue weighted by Crippen LogP contribution is 2.28. The summed E-state index contributed by atoms with van der Waals surface area (Å²) in [6.45, 7) is 4.07. The van der Waals surface area contributed by atoms with Gasteiger partial charge in [-0.1, -0.05) is 12.1 Å². The molecule has 3 heterocycles. The minimum Gasteiger partial charge on any atom is -0.405 e. The molecular formula is C16H12N2O2. The first-order chi connectivity index (χ1) is 9.66. The Morgan fingerprint density at radius 1 is 1.05 bits per heavy atom. The first kappa shape index (κ1) is 11.2. The van der Waals surface area contributed by atoms with Crippen molar-refractivity contribution in [3.05, 3.63) is 57.9 Å². The summed E-state index contributed by atoms with van der Waals surface area (Å²) in [6.07, 6.45) is 0. The highest BCUT2D eigenvalue weighted by atomic mass is 16.4. The van der Waals surface area contributed by atoms with E-state index in [4.69, 9.17) is 4.42 Å². The molecule has 3 aromatic heterocycles. The Labute approximate surface area is 114 Å². The third kappa shape index (κ3) is 1.30. The summed E-state index contributed by atoms with van der Waals surface area (Å²) in [5.41, 5.74) is 5.09. The SMILES string of the molecule is Cc1c(C)c2nc3ccccc3n2c2oc(=O)ccc12. The van der Waals surface area contributed by atoms with E-state index in [1.165, 1.54) is 6.07 Å². The Hall–Kier alpha value is -2.62. The molecule has 0 saturated heterocycles. The molecule has 98 valence electrons. The quantitative estimate of drug-likeness (QED) is 0.490. The highest BCUT2D eigenvalue weighted by molar-refractivity contribution is 5.91. The predicted octanol–water partition coefficient (Wildman–Crippen LogP) is 3.21. The fourth-order valence-electron chi connectivity index (χ4n) is 2.71. The molecule has 0 spiro atoms. The second-order valence-corrected chi connectivity index (χ2v) is 4.98. The number of rotatable bonds is 0. The number of aromatic nitrogens is 2. The lowest BCUT2D eigenvalue weighted by Gasteiger charge is -2.08. The summed E-state index contributed by atoms with van der Waals surface area (Å²) in [7, 11) is 0. The number of aryl methyl sites for hydroxylation is 2. The van der Waals surface area contributed by atoms with E-state index in [2.05, 4.69) is 4.98 Å². The number of para-hydroxylation sites is 2. The molecule has 0 saturated carbocycles. The highest BCUT2D eigenvalue weighted by Gasteiger charge is 2.15. The summed E-state index contributed by atoms with van der Waals surface area (Å²) in [6, 6.07) is 11.1. The van der Waals surface area contributed by atoms with Crippen LogP contribution < -0.4 is 5.63 Å². The zero-order valence-electron chi connectivity index (χ0n) is 11.2. The fraction of sp³-hybridized carbons (Fsp3) is 0.125. The van der Waals surface area contributed by atoms with Gasteiger partial charge in [-0.05, 0) is 43.2 Å². The van der Waals surface area contributed by atoms with E-state index < -0.39 is 0 Å². The average molecular weight is 264 g/mol. The molecule has 0 radical (unpaired) electrons. The summed E-state index contributed by atoms with van der Waals surface area (Å²) < 4.78 is 7.37. The largest absolute Gasteiger partial charge is 0.405 e. The second kappa shape index (κ2) is 3.70. The molecule has 4 heteroatoms. The average Bonchev–Trinajstić information content (AvgIpc) is 2.84. The van der Waals surface area contributed by atoms with Crippen LogP contribution in [0.2, 0.25) is 0 Å². The maximum Gasteiger partial charge on any atom is 0.337 e. The van der Waals surface area contributed by atoms with Crippen LogP contribution in [0.25, 0.3) is 27.8 Å². The van der Waals surface area contributed by atoms with E-state index in [0.717, 1.165) is 33.2 Å². The van der Waals surface area contributed by atoms with Gasteiger partial charge in [-0.2, -0.15) is 0 Å². The zero-order chi connectivity index (χ0) is 13.9. The maximum absolute atomic E-state index is 11.6. The van der Waals surface area contributed by atoms with Crippen LogP contribution in [0.1, 0.15) is 11.1 Å². The van der Waals surface area contributed by atoms with Gasteiger partial charge in [0.05, 0.1) is 11.0 Å². The van der Waals surface area contributed by atoms with Gasteiger partial charge < -0.3 is 4.42 Å². The molecule has 0 unspecified atom stereocenters. The number of hydrogen-bond donors (Lipinski definition) is 0. The first-order valence-corrected chi connectivity index (χ1v) is 6.47. The number of pyridine rings is 1. The van der Waals surface area contributed by atoms with Crippen molar-refractivity contribution in [1.29, 1.82) is 0 Å². The molecule has 0 aliphatic carbocycles. The van der Waals surface area contributed by atoms with Crippen molar-refractivity contribution >= 4 is 27.8 Å². The summed E-state index contributed by atoms with van der Waals surface area (Å²) in [5, 5.41) is 0.942. The molecular weight excluding hydrogens is 252 g/mol. The number of imidazole rings is 1.